The first kappa shape index (κ1) is 15.1. The minimum absolute atomic E-state index is 0.0345. The van der Waals surface area contributed by atoms with Crippen molar-refractivity contribution in [3.05, 3.63) is 12.7 Å². The lowest BCUT2D eigenvalue weighted by Crippen LogP contribution is -2.16. The normalized spacial score (nSPS) is 12.3. The van der Waals surface area contributed by atoms with Crippen molar-refractivity contribution >= 4 is 5.95 Å². The van der Waals surface area contributed by atoms with Crippen LogP contribution < -0.4 is 10.5 Å². The smallest absolute Gasteiger partial charge is 0.323 e. The first-order chi connectivity index (χ1) is 10.2. The molecule has 1 unspecified atom stereocenters. The summed E-state index contributed by atoms with van der Waals surface area (Å²) in [7, 11) is 0. The summed E-state index contributed by atoms with van der Waals surface area (Å²) < 4.78 is 7.12. The standard InChI is InChI=1S/C13H21N7O/c1-3-4-5-6-7-10(2)21-13-18-11(14)17-12(19-13)20-9-15-8-16-20/h8-10H,3-7H2,1-2H3,(H2,14,17,18,19). The molecule has 2 rings (SSSR count). The lowest BCUT2D eigenvalue weighted by Gasteiger charge is -2.13. The number of hydrogen-bond acceptors (Lipinski definition) is 7. The average molecular weight is 291 g/mol. The first-order valence-corrected chi connectivity index (χ1v) is 7.22. The van der Waals surface area contributed by atoms with E-state index in [-0.39, 0.29) is 18.1 Å². The summed E-state index contributed by atoms with van der Waals surface area (Å²) in [6.45, 7) is 4.19. The molecule has 0 amide bonds. The number of hydrogen-bond donors (Lipinski definition) is 1. The molecule has 2 aromatic rings. The van der Waals surface area contributed by atoms with Crippen LogP contribution in [0, 0.1) is 0 Å². The van der Waals surface area contributed by atoms with Crippen LogP contribution >= 0.6 is 0 Å². The molecule has 0 bridgehead atoms. The SMILES string of the molecule is CCCCCCC(C)Oc1nc(N)nc(-n2cncn2)n1. The fourth-order valence-corrected chi connectivity index (χ4v) is 1.93. The molecular weight excluding hydrogens is 270 g/mol. The van der Waals surface area contributed by atoms with Gasteiger partial charge in [0.1, 0.15) is 12.7 Å². The van der Waals surface area contributed by atoms with Crippen LogP contribution in [-0.2, 0) is 0 Å². The maximum atomic E-state index is 5.71. The molecule has 0 aromatic carbocycles. The summed E-state index contributed by atoms with van der Waals surface area (Å²) in [5.41, 5.74) is 5.68. The summed E-state index contributed by atoms with van der Waals surface area (Å²) in [6.07, 6.45) is 8.71. The Morgan fingerprint density at radius 2 is 2.10 bits per heavy atom. The number of rotatable bonds is 8. The van der Waals surface area contributed by atoms with Gasteiger partial charge in [0.2, 0.25) is 5.95 Å². The predicted molar refractivity (Wildman–Crippen MR) is 78.0 cm³/mol. The number of unbranched alkanes of at least 4 members (excludes halogenated alkanes) is 3. The Morgan fingerprint density at radius 3 is 2.81 bits per heavy atom. The highest BCUT2D eigenvalue weighted by molar-refractivity contribution is 5.24. The zero-order valence-electron chi connectivity index (χ0n) is 12.4. The topological polar surface area (TPSA) is 105 Å². The summed E-state index contributed by atoms with van der Waals surface area (Å²) >= 11 is 0. The first-order valence-electron chi connectivity index (χ1n) is 7.22. The van der Waals surface area contributed by atoms with Gasteiger partial charge in [-0.25, -0.2) is 4.98 Å². The maximum absolute atomic E-state index is 5.71. The molecule has 0 saturated heterocycles. The van der Waals surface area contributed by atoms with Crippen molar-refractivity contribution in [2.24, 2.45) is 0 Å². The van der Waals surface area contributed by atoms with Crippen LogP contribution in [0.4, 0.5) is 5.95 Å². The van der Waals surface area contributed by atoms with Crippen molar-refractivity contribution in [1.29, 1.82) is 0 Å². The van der Waals surface area contributed by atoms with Gasteiger partial charge in [0.25, 0.3) is 5.95 Å². The number of nitrogens with zero attached hydrogens (tertiary/aromatic N) is 6. The van der Waals surface area contributed by atoms with E-state index in [0.29, 0.717) is 5.95 Å². The number of nitrogen functional groups attached to an aromatic ring is 1. The van der Waals surface area contributed by atoms with Crippen LogP contribution in [0.5, 0.6) is 6.01 Å². The molecule has 0 spiro atoms. The zero-order chi connectivity index (χ0) is 15.1. The highest BCUT2D eigenvalue weighted by Crippen LogP contribution is 2.13. The zero-order valence-corrected chi connectivity index (χ0v) is 12.4. The second-order valence-electron chi connectivity index (χ2n) is 4.89. The second kappa shape index (κ2) is 7.51. The molecule has 0 fully saturated rings. The van der Waals surface area contributed by atoms with Crippen molar-refractivity contribution < 1.29 is 4.74 Å². The highest BCUT2D eigenvalue weighted by Gasteiger charge is 2.11. The molecule has 0 radical (unpaired) electrons. The molecule has 21 heavy (non-hydrogen) atoms. The van der Waals surface area contributed by atoms with Crippen LogP contribution in [0.1, 0.15) is 46.0 Å². The van der Waals surface area contributed by atoms with Crippen LogP contribution in [0.15, 0.2) is 12.7 Å². The molecule has 0 saturated carbocycles. The molecule has 0 aliphatic rings. The van der Waals surface area contributed by atoms with Crippen LogP contribution in [-0.4, -0.2) is 35.8 Å². The predicted octanol–water partition coefficient (Wildman–Crippen LogP) is 1.77. The molecule has 0 aliphatic carbocycles. The van der Waals surface area contributed by atoms with E-state index in [1.54, 1.807) is 0 Å². The van der Waals surface area contributed by atoms with Gasteiger partial charge in [-0.15, -0.1) is 0 Å². The van der Waals surface area contributed by atoms with Crippen molar-refractivity contribution in [2.75, 3.05) is 5.73 Å². The Balaban J connectivity index is 1.97. The summed E-state index contributed by atoms with van der Waals surface area (Å²) in [4.78, 5) is 16.0. The molecule has 2 aromatic heterocycles. The van der Waals surface area contributed by atoms with Crippen LogP contribution in [0.2, 0.25) is 0 Å². The highest BCUT2D eigenvalue weighted by atomic mass is 16.5. The Hall–Kier alpha value is -2.25. The number of nitrogens with two attached hydrogens (primary N) is 1. The molecule has 2 N–H and O–H groups in total. The van der Waals surface area contributed by atoms with E-state index in [4.69, 9.17) is 10.5 Å². The summed E-state index contributed by atoms with van der Waals surface area (Å²) in [6, 6.07) is 0.219. The van der Waals surface area contributed by atoms with Crippen molar-refractivity contribution in [3.8, 4) is 12.0 Å². The van der Waals surface area contributed by atoms with E-state index in [2.05, 4.69) is 32.0 Å². The average Bonchev–Trinajstić information content (AvgIpc) is 2.97. The Morgan fingerprint density at radius 1 is 1.24 bits per heavy atom. The van der Waals surface area contributed by atoms with Gasteiger partial charge in [-0.1, -0.05) is 26.2 Å². The summed E-state index contributed by atoms with van der Waals surface area (Å²) in [5.74, 6) is 0.400. The van der Waals surface area contributed by atoms with Crippen LogP contribution in [0.25, 0.3) is 5.95 Å². The fourth-order valence-electron chi connectivity index (χ4n) is 1.93. The molecular formula is C13H21N7O. The minimum Gasteiger partial charge on any atom is -0.460 e. The minimum atomic E-state index is 0.0345. The van der Waals surface area contributed by atoms with Gasteiger partial charge in [-0.2, -0.15) is 24.7 Å². The van der Waals surface area contributed by atoms with Gasteiger partial charge in [0.05, 0.1) is 6.10 Å². The quantitative estimate of drug-likeness (QED) is 0.739. The maximum Gasteiger partial charge on any atom is 0.323 e. The van der Waals surface area contributed by atoms with Gasteiger partial charge >= 0.3 is 6.01 Å². The number of aromatic nitrogens is 6. The Kier molecular flexibility index (Phi) is 5.42. The lowest BCUT2D eigenvalue weighted by atomic mass is 10.1. The van der Waals surface area contributed by atoms with Crippen molar-refractivity contribution in [3.63, 3.8) is 0 Å². The number of ether oxygens (including phenoxy) is 1. The Bertz CT molecular complexity index is 543. The number of anilines is 1. The van der Waals surface area contributed by atoms with Gasteiger partial charge in [0.15, 0.2) is 0 Å². The van der Waals surface area contributed by atoms with E-state index in [0.717, 1.165) is 12.8 Å². The van der Waals surface area contributed by atoms with Crippen molar-refractivity contribution in [2.45, 2.75) is 52.1 Å². The summed E-state index contributed by atoms with van der Waals surface area (Å²) in [5, 5.41) is 3.96. The lowest BCUT2D eigenvalue weighted by molar-refractivity contribution is 0.189. The van der Waals surface area contributed by atoms with E-state index in [9.17, 15) is 0 Å². The molecule has 0 aliphatic heterocycles. The van der Waals surface area contributed by atoms with Crippen molar-refractivity contribution in [1.82, 2.24) is 29.7 Å². The largest absolute Gasteiger partial charge is 0.460 e. The van der Waals surface area contributed by atoms with Gasteiger partial charge in [-0.3, -0.25) is 0 Å². The van der Waals surface area contributed by atoms with Gasteiger partial charge < -0.3 is 10.5 Å². The van der Waals surface area contributed by atoms with Gasteiger partial charge in [0, 0.05) is 0 Å². The fraction of sp³-hybridized carbons (Fsp3) is 0.615. The van der Waals surface area contributed by atoms with E-state index in [1.807, 2.05) is 6.92 Å². The molecule has 114 valence electrons. The Labute approximate surface area is 123 Å². The third-order valence-electron chi connectivity index (χ3n) is 3.01. The van der Waals surface area contributed by atoms with Gasteiger partial charge in [-0.05, 0) is 19.8 Å². The van der Waals surface area contributed by atoms with E-state index in [1.165, 1.54) is 36.6 Å². The van der Waals surface area contributed by atoms with Crippen LogP contribution in [0.3, 0.4) is 0 Å². The van der Waals surface area contributed by atoms with E-state index >= 15 is 0 Å². The second-order valence-corrected chi connectivity index (χ2v) is 4.89. The monoisotopic (exact) mass is 291 g/mol. The molecule has 8 nitrogen and oxygen atoms in total. The third-order valence-corrected chi connectivity index (χ3v) is 3.01. The molecule has 2 heterocycles. The van der Waals surface area contributed by atoms with E-state index < -0.39 is 0 Å². The third kappa shape index (κ3) is 4.66. The molecule has 1 atom stereocenters. The molecule has 8 heteroatoms.